The standard InChI is InChI=1S/C11H16BrNO5S/c1-6(2)7(3)13(4)19(16,17)9-5-8(11(14)15)18-10(9)12/h5-7H,1-4H3,(H,14,15). The Kier molecular flexibility index (Phi) is 4.81. The van der Waals surface area contributed by atoms with Crippen LogP contribution in [0.4, 0.5) is 0 Å². The first-order chi connectivity index (χ1) is 8.59. The van der Waals surface area contributed by atoms with Crippen LogP contribution in [-0.2, 0) is 10.0 Å². The molecule has 0 bridgehead atoms. The van der Waals surface area contributed by atoms with Gasteiger partial charge in [-0.25, -0.2) is 13.2 Å². The van der Waals surface area contributed by atoms with E-state index in [4.69, 9.17) is 9.52 Å². The molecule has 8 heteroatoms. The zero-order chi connectivity index (χ0) is 15.0. The molecule has 1 aromatic heterocycles. The van der Waals surface area contributed by atoms with Gasteiger partial charge in [0.25, 0.3) is 0 Å². The highest BCUT2D eigenvalue weighted by molar-refractivity contribution is 9.10. The fraction of sp³-hybridized carbons (Fsp3) is 0.545. The maximum Gasteiger partial charge on any atom is 0.371 e. The summed E-state index contributed by atoms with van der Waals surface area (Å²) in [4.78, 5) is 10.6. The Hall–Kier alpha value is -0.860. The van der Waals surface area contributed by atoms with E-state index in [1.54, 1.807) is 6.92 Å². The summed E-state index contributed by atoms with van der Waals surface area (Å²) in [6.07, 6.45) is 0. The van der Waals surface area contributed by atoms with Crippen molar-refractivity contribution < 1.29 is 22.7 Å². The number of carbonyl (C=O) groups is 1. The maximum absolute atomic E-state index is 12.4. The molecule has 0 fully saturated rings. The summed E-state index contributed by atoms with van der Waals surface area (Å²) in [6, 6.07) is 0.783. The molecule has 0 aromatic carbocycles. The van der Waals surface area contributed by atoms with Crippen molar-refractivity contribution in [2.45, 2.75) is 31.7 Å². The van der Waals surface area contributed by atoms with Gasteiger partial charge in [-0.15, -0.1) is 0 Å². The van der Waals surface area contributed by atoms with Gasteiger partial charge in [0.15, 0.2) is 4.67 Å². The largest absolute Gasteiger partial charge is 0.475 e. The molecule has 1 N–H and O–H groups in total. The van der Waals surface area contributed by atoms with Crippen LogP contribution in [0.2, 0.25) is 0 Å². The molecule has 108 valence electrons. The number of hydrogen-bond acceptors (Lipinski definition) is 4. The molecule has 0 saturated carbocycles. The first kappa shape index (κ1) is 16.2. The molecule has 1 unspecified atom stereocenters. The number of carboxylic acid groups (broad SMARTS) is 1. The number of hydrogen-bond donors (Lipinski definition) is 1. The smallest absolute Gasteiger partial charge is 0.371 e. The lowest BCUT2D eigenvalue weighted by Crippen LogP contribution is -2.38. The normalized spacial score (nSPS) is 14.1. The Balaban J connectivity index is 3.24. The van der Waals surface area contributed by atoms with Crippen molar-refractivity contribution in [1.29, 1.82) is 0 Å². The number of nitrogens with zero attached hydrogens (tertiary/aromatic N) is 1. The van der Waals surface area contributed by atoms with Crippen molar-refractivity contribution in [2.75, 3.05) is 7.05 Å². The van der Waals surface area contributed by atoms with Gasteiger partial charge in [0, 0.05) is 19.2 Å². The van der Waals surface area contributed by atoms with Gasteiger partial charge < -0.3 is 9.52 Å². The Labute approximate surface area is 120 Å². The van der Waals surface area contributed by atoms with Gasteiger partial charge in [-0.1, -0.05) is 13.8 Å². The second kappa shape index (κ2) is 5.64. The van der Waals surface area contributed by atoms with E-state index >= 15 is 0 Å². The van der Waals surface area contributed by atoms with Crippen LogP contribution >= 0.6 is 15.9 Å². The van der Waals surface area contributed by atoms with Crippen LogP contribution in [0.5, 0.6) is 0 Å². The van der Waals surface area contributed by atoms with Crippen molar-refractivity contribution in [3.05, 3.63) is 16.5 Å². The number of sulfonamides is 1. The van der Waals surface area contributed by atoms with Gasteiger partial charge in [0.1, 0.15) is 4.90 Å². The Morgan fingerprint density at radius 3 is 2.32 bits per heavy atom. The molecule has 0 amide bonds. The minimum atomic E-state index is -3.80. The van der Waals surface area contributed by atoms with E-state index in [0.717, 1.165) is 6.07 Å². The molecule has 0 saturated heterocycles. The summed E-state index contributed by atoms with van der Waals surface area (Å²) in [5, 5.41) is 8.80. The molecule has 1 aromatic rings. The molecular formula is C11H16BrNO5S. The van der Waals surface area contributed by atoms with Crippen LogP contribution in [0.25, 0.3) is 0 Å². The quantitative estimate of drug-likeness (QED) is 0.877. The monoisotopic (exact) mass is 353 g/mol. The third-order valence-electron chi connectivity index (χ3n) is 3.06. The van der Waals surface area contributed by atoms with Crippen LogP contribution in [0.1, 0.15) is 31.3 Å². The molecule has 1 heterocycles. The highest BCUT2D eigenvalue weighted by Gasteiger charge is 2.32. The van der Waals surface area contributed by atoms with Crippen molar-refractivity contribution in [3.8, 4) is 0 Å². The summed E-state index contributed by atoms with van der Waals surface area (Å²) >= 11 is 2.94. The Bertz CT molecular complexity index is 578. The van der Waals surface area contributed by atoms with Gasteiger partial charge in [-0.05, 0) is 28.8 Å². The zero-order valence-corrected chi connectivity index (χ0v) is 13.4. The molecule has 0 spiro atoms. The van der Waals surface area contributed by atoms with Crippen molar-refractivity contribution in [2.24, 2.45) is 5.92 Å². The third kappa shape index (κ3) is 3.18. The number of halogens is 1. The van der Waals surface area contributed by atoms with E-state index in [1.807, 2.05) is 13.8 Å². The molecule has 0 radical (unpaired) electrons. The molecule has 1 atom stereocenters. The average Bonchev–Trinajstić information content (AvgIpc) is 2.69. The second-order valence-electron chi connectivity index (χ2n) is 4.56. The lowest BCUT2D eigenvalue weighted by atomic mass is 10.1. The highest BCUT2D eigenvalue weighted by atomic mass is 79.9. The number of aromatic carboxylic acids is 1. The SMILES string of the molecule is CC(C)C(C)N(C)S(=O)(=O)c1cc(C(=O)O)oc1Br. The van der Waals surface area contributed by atoms with E-state index < -0.39 is 21.8 Å². The van der Waals surface area contributed by atoms with E-state index in [9.17, 15) is 13.2 Å². The average molecular weight is 354 g/mol. The maximum atomic E-state index is 12.4. The van der Waals surface area contributed by atoms with Crippen molar-refractivity contribution in [3.63, 3.8) is 0 Å². The minimum absolute atomic E-state index is 0.104. The lowest BCUT2D eigenvalue weighted by molar-refractivity contribution is 0.0661. The van der Waals surface area contributed by atoms with E-state index in [1.165, 1.54) is 11.4 Å². The van der Waals surface area contributed by atoms with E-state index in [-0.39, 0.29) is 21.5 Å². The summed E-state index contributed by atoms with van der Waals surface area (Å²) in [5.74, 6) is -1.61. The first-order valence-electron chi connectivity index (χ1n) is 5.59. The summed E-state index contributed by atoms with van der Waals surface area (Å²) in [6.45, 7) is 5.60. The topological polar surface area (TPSA) is 87.8 Å². The molecule has 0 aliphatic heterocycles. The zero-order valence-electron chi connectivity index (χ0n) is 11.0. The van der Waals surface area contributed by atoms with Crippen LogP contribution in [0.3, 0.4) is 0 Å². The van der Waals surface area contributed by atoms with Crippen LogP contribution in [0.15, 0.2) is 20.0 Å². The predicted molar refractivity (Wildman–Crippen MR) is 72.6 cm³/mol. The number of rotatable bonds is 5. The number of carboxylic acids is 1. The summed E-state index contributed by atoms with van der Waals surface area (Å²) < 4.78 is 30.7. The van der Waals surface area contributed by atoms with Crippen LogP contribution < -0.4 is 0 Å². The first-order valence-corrected chi connectivity index (χ1v) is 7.83. The highest BCUT2D eigenvalue weighted by Crippen LogP contribution is 2.29. The van der Waals surface area contributed by atoms with Gasteiger partial charge in [-0.2, -0.15) is 4.31 Å². The predicted octanol–water partition coefficient (Wildman–Crippen LogP) is 2.41. The molecular weight excluding hydrogens is 338 g/mol. The van der Waals surface area contributed by atoms with Crippen molar-refractivity contribution in [1.82, 2.24) is 4.31 Å². The van der Waals surface area contributed by atoms with Gasteiger partial charge in [-0.3, -0.25) is 0 Å². The second-order valence-corrected chi connectivity index (χ2v) is 7.25. The molecule has 0 aliphatic rings. The van der Waals surface area contributed by atoms with Gasteiger partial charge in [0.2, 0.25) is 15.8 Å². The van der Waals surface area contributed by atoms with E-state index in [0.29, 0.717) is 0 Å². The molecule has 6 nitrogen and oxygen atoms in total. The van der Waals surface area contributed by atoms with E-state index in [2.05, 4.69) is 15.9 Å². The minimum Gasteiger partial charge on any atom is -0.475 e. The fourth-order valence-electron chi connectivity index (χ4n) is 1.43. The third-order valence-corrected chi connectivity index (χ3v) is 5.86. The Morgan fingerprint density at radius 1 is 1.42 bits per heavy atom. The molecule has 1 rings (SSSR count). The molecule has 0 aliphatic carbocycles. The van der Waals surface area contributed by atoms with Crippen LogP contribution in [-0.4, -0.2) is 36.9 Å². The summed E-state index contributed by atoms with van der Waals surface area (Å²) in [5.41, 5.74) is 0. The van der Waals surface area contributed by atoms with Crippen LogP contribution in [0, 0.1) is 5.92 Å². The Morgan fingerprint density at radius 2 is 1.95 bits per heavy atom. The lowest BCUT2D eigenvalue weighted by Gasteiger charge is -2.26. The van der Waals surface area contributed by atoms with Gasteiger partial charge >= 0.3 is 5.97 Å². The fourth-order valence-corrected chi connectivity index (χ4v) is 3.82. The molecule has 19 heavy (non-hydrogen) atoms. The van der Waals surface area contributed by atoms with Crippen molar-refractivity contribution >= 4 is 31.9 Å². The number of furan rings is 1. The van der Waals surface area contributed by atoms with Gasteiger partial charge in [0.05, 0.1) is 0 Å². The summed E-state index contributed by atoms with van der Waals surface area (Å²) in [7, 11) is -2.34.